The van der Waals surface area contributed by atoms with Gasteiger partial charge in [0.2, 0.25) is 0 Å². The van der Waals surface area contributed by atoms with E-state index in [0.717, 1.165) is 17.5 Å². The molecule has 100 valence electrons. The van der Waals surface area contributed by atoms with Crippen LogP contribution < -0.4 is 5.32 Å². The summed E-state index contributed by atoms with van der Waals surface area (Å²) < 4.78 is 27.3. The molecule has 0 bridgehead atoms. The van der Waals surface area contributed by atoms with E-state index < -0.39 is 12.0 Å². The standard InChI is InChI=1S/C15H21F2N/c1-4-18-15(13(16)17)10-9-14(2,3)11-7-5-6-8-12(11)15/h5-8,13,18H,4,9-10H2,1-3H3. The predicted octanol–water partition coefficient (Wildman–Crippen LogP) is 3.83. The Morgan fingerprint density at radius 3 is 2.33 bits per heavy atom. The van der Waals surface area contributed by atoms with Gasteiger partial charge in [0.15, 0.2) is 0 Å². The fourth-order valence-corrected chi connectivity index (χ4v) is 3.04. The summed E-state index contributed by atoms with van der Waals surface area (Å²) in [5.41, 5.74) is 0.640. The van der Waals surface area contributed by atoms with Gasteiger partial charge < -0.3 is 5.32 Å². The molecule has 0 saturated carbocycles. The van der Waals surface area contributed by atoms with Gasteiger partial charge in [0.1, 0.15) is 5.54 Å². The molecule has 2 rings (SSSR count). The lowest BCUT2D eigenvalue weighted by Gasteiger charge is -2.45. The van der Waals surface area contributed by atoms with Crippen molar-refractivity contribution in [2.75, 3.05) is 6.54 Å². The van der Waals surface area contributed by atoms with Gasteiger partial charge in [0.25, 0.3) is 6.43 Å². The van der Waals surface area contributed by atoms with Gasteiger partial charge in [-0.1, -0.05) is 45.0 Å². The van der Waals surface area contributed by atoms with Gasteiger partial charge in [0, 0.05) is 0 Å². The van der Waals surface area contributed by atoms with E-state index in [1.807, 2.05) is 31.2 Å². The number of hydrogen-bond acceptors (Lipinski definition) is 1. The van der Waals surface area contributed by atoms with Gasteiger partial charge in [-0.25, -0.2) is 8.78 Å². The first-order valence-electron chi connectivity index (χ1n) is 6.57. The summed E-state index contributed by atoms with van der Waals surface area (Å²) in [7, 11) is 0. The monoisotopic (exact) mass is 253 g/mol. The van der Waals surface area contributed by atoms with E-state index in [1.54, 1.807) is 0 Å². The van der Waals surface area contributed by atoms with Crippen LogP contribution in [0.15, 0.2) is 24.3 Å². The molecular weight excluding hydrogens is 232 g/mol. The van der Waals surface area contributed by atoms with Crippen molar-refractivity contribution in [3.8, 4) is 0 Å². The highest BCUT2D eigenvalue weighted by Gasteiger charge is 2.48. The van der Waals surface area contributed by atoms with Crippen LogP contribution in [0.25, 0.3) is 0 Å². The van der Waals surface area contributed by atoms with E-state index in [9.17, 15) is 8.78 Å². The van der Waals surface area contributed by atoms with Crippen LogP contribution in [0, 0.1) is 0 Å². The number of benzene rings is 1. The van der Waals surface area contributed by atoms with E-state index in [2.05, 4.69) is 19.2 Å². The number of hydrogen-bond donors (Lipinski definition) is 1. The lowest BCUT2D eigenvalue weighted by atomic mass is 9.65. The molecule has 0 aromatic heterocycles. The van der Waals surface area contributed by atoms with Gasteiger partial charge in [-0.05, 0) is 35.9 Å². The summed E-state index contributed by atoms with van der Waals surface area (Å²) in [6, 6.07) is 7.64. The molecule has 0 aliphatic heterocycles. The molecule has 1 aliphatic rings. The number of alkyl halides is 2. The summed E-state index contributed by atoms with van der Waals surface area (Å²) in [5.74, 6) is 0. The topological polar surface area (TPSA) is 12.0 Å². The van der Waals surface area contributed by atoms with Crippen molar-refractivity contribution in [2.45, 2.75) is 51.0 Å². The molecule has 0 heterocycles. The summed E-state index contributed by atoms with van der Waals surface area (Å²) >= 11 is 0. The highest BCUT2D eigenvalue weighted by atomic mass is 19.3. The second-order valence-corrected chi connectivity index (χ2v) is 5.73. The maximum Gasteiger partial charge on any atom is 0.260 e. The maximum absolute atomic E-state index is 13.6. The first kappa shape index (κ1) is 13.5. The smallest absolute Gasteiger partial charge is 0.260 e. The van der Waals surface area contributed by atoms with Crippen LogP contribution in [0.1, 0.15) is 44.7 Å². The van der Waals surface area contributed by atoms with E-state index in [4.69, 9.17) is 0 Å². The van der Waals surface area contributed by atoms with Crippen molar-refractivity contribution in [1.29, 1.82) is 0 Å². The third kappa shape index (κ3) is 1.95. The molecule has 1 aromatic rings. The number of rotatable bonds is 3. The Labute approximate surface area is 108 Å². The lowest BCUT2D eigenvalue weighted by molar-refractivity contribution is 0.0109. The molecule has 1 nitrogen and oxygen atoms in total. The number of nitrogens with one attached hydrogen (secondary N) is 1. The Bertz CT molecular complexity index is 428. The molecule has 0 amide bonds. The second kappa shape index (κ2) is 4.61. The van der Waals surface area contributed by atoms with Crippen LogP contribution in [0.2, 0.25) is 0 Å². The summed E-state index contributed by atoms with van der Waals surface area (Å²) in [6.07, 6.45) is -1.11. The van der Waals surface area contributed by atoms with Crippen molar-refractivity contribution in [3.05, 3.63) is 35.4 Å². The average molecular weight is 253 g/mol. The Balaban J connectivity index is 2.59. The van der Waals surface area contributed by atoms with Gasteiger partial charge in [0.05, 0.1) is 0 Å². The first-order chi connectivity index (χ1) is 8.44. The molecule has 0 fully saturated rings. The zero-order valence-corrected chi connectivity index (χ0v) is 11.3. The quantitative estimate of drug-likeness (QED) is 0.863. The lowest BCUT2D eigenvalue weighted by Crippen LogP contribution is -2.52. The largest absolute Gasteiger partial charge is 0.303 e. The second-order valence-electron chi connectivity index (χ2n) is 5.73. The number of fused-ring (bicyclic) bond motifs is 1. The van der Waals surface area contributed by atoms with Crippen molar-refractivity contribution >= 4 is 0 Å². The van der Waals surface area contributed by atoms with Crippen molar-refractivity contribution in [1.82, 2.24) is 5.32 Å². The third-order valence-corrected chi connectivity index (χ3v) is 4.15. The van der Waals surface area contributed by atoms with E-state index in [-0.39, 0.29) is 5.41 Å². The molecule has 1 atom stereocenters. The average Bonchev–Trinajstić information content (AvgIpc) is 2.33. The molecular formula is C15H21F2N. The Morgan fingerprint density at radius 1 is 1.17 bits per heavy atom. The summed E-state index contributed by atoms with van der Waals surface area (Å²) in [6.45, 7) is 6.70. The van der Waals surface area contributed by atoms with Crippen LogP contribution in [-0.4, -0.2) is 13.0 Å². The van der Waals surface area contributed by atoms with Crippen LogP contribution in [0.5, 0.6) is 0 Å². The zero-order valence-electron chi connectivity index (χ0n) is 11.3. The van der Waals surface area contributed by atoms with E-state index in [0.29, 0.717) is 13.0 Å². The molecule has 0 saturated heterocycles. The molecule has 1 N–H and O–H groups in total. The van der Waals surface area contributed by atoms with Gasteiger partial charge in [-0.2, -0.15) is 0 Å². The fraction of sp³-hybridized carbons (Fsp3) is 0.600. The van der Waals surface area contributed by atoms with Crippen molar-refractivity contribution in [2.24, 2.45) is 0 Å². The zero-order chi connectivity index (χ0) is 13.4. The SMILES string of the molecule is CCNC1(C(F)F)CCC(C)(C)c2ccccc21. The van der Waals surface area contributed by atoms with Gasteiger partial charge >= 0.3 is 0 Å². The minimum Gasteiger partial charge on any atom is -0.303 e. The molecule has 0 spiro atoms. The van der Waals surface area contributed by atoms with Crippen molar-refractivity contribution < 1.29 is 8.78 Å². The minimum atomic E-state index is -2.38. The summed E-state index contributed by atoms with van der Waals surface area (Å²) in [4.78, 5) is 0. The van der Waals surface area contributed by atoms with E-state index >= 15 is 0 Å². The van der Waals surface area contributed by atoms with Gasteiger partial charge in [-0.3, -0.25) is 0 Å². The Hall–Kier alpha value is -0.960. The van der Waals surface area contributed by atoms with Crippen LogP contribution in [0.3, 0.4) is 0 Å². The van der Waals surface area contributed by atoms with Crippen LogP contribution >= 0.6 is 0 Å². The molecule has 1 aliphatic carbocycles. The van der Waals surface area contributed by atoms with Crippen LogP contribution in [0.4, 0.5) is 8.78 Å². The molecule has 0 radical (unpaired) electrons. The minimum absolute atomic E-state index is 0.0234. The van der Waals surface area contributed by atoms with E-state index in [1.165, 1.54) is 0 Å². The third-order valence-electron chi connectivity index (χ3n) is 4.15. The number of halogens is 2. The van der Waals surface area contributed by atoms with Crippen LogP contribution in [-0.2, 0) is 11.0 Å². The normalized spacial score (nSPS) is 26.1. The summed E-state index contributed by atoms with van der Waals surface area (Å²) in [5, 5.41) is 3.04. The van der Waals surface area contributed by atoms with Gasteiger partial charge in [-0.15, -0.1) is 0 Å². The Kier molecular flexibility index (Phi) is 3.45. The first-order valence-corrected chi connectivity index (χ1v) is 6.57. The highest BCUT2D eigenvalue weighted by Crippen LogP contribution is 2.47. The molecule has 1 aromatic carbocycles. The molecule has 1 unspecified atom stereocenters. The predicted molar refractivity (Wildman–Crippen MR) is 70.1 cm³/mol. The maximum atomic E-state index is 13.6. The molecule has 18 heavy (non-hydrogen) atoms. The Morgan fingerprint density at radius 2 is 1.78 bits per heavy atom. The molecule has 3 heteroatoms. The highest BCUT2D eigenvalue weighted by molar-refractivity contribution is 5.42. The fourth-order valence-electron chi connectivity index (χ4n) is 3.04. The van der Waals surface area contributed by atoms with Crippen molar-refractivity contribution in [3.63, 3.8) is 0 Å².